The summed E-state index contributed by atoms with van der Waals surface area (Å²) in [5, 5.41) is 7.12. The molecule has 1 N–H and O–H groups in total. The van der Waals surface area contributed by atoms with Crippen LogP contribution in [0.15, 0.2) is 51.9 Å². The molecule has 1 aromatic carbocycles. The standard InChI is InChI=1S/C19H20N4O4/c1-2-26-15-7-4-3-6-14(15)20-17(24)12-22-19(25)23(13-9-10-13)18(21-22)16-8-5-11-27-16/h3-8,11,13H,2,9-10,12H2,1H3,(H,20,24). The van der Waals surface area contributed by atoms with Gasteiger partial charge in [0, 0.05) is 6.04 Å². The van der Waals surface area contributed by atoms with Crippen LogP contribution in [0, 0.1) is 0 Å². The SMILES string of the molecule is CCOc1ccccc1NC(=O)Cn1nc(-c2ccco2)n(C2CC2)c1=O. The summed E-state index contributed by atoms with van der Waals surface area (Å²) >= 11 is 0. The van der Waals surface area contributed by atoms with Crippen LogP contribution < -0.4 is 15.7 Å². The van der Waals surface area contributed by atoms with Gasteiger partial charge in [0.1, 0.15) is 12.3 Å². The summed E-state index contributed by atoms with van der Waals surface area (Å²) in [6.45, 7) is 2.18. The predicted octanol–water partition coefficient (Wildman–Crippen LogP) is 2.68. The number of amides is 1. The zero-order chi connectivity index (χ0) is 18.8. The highest BCUT2D eigenvalue weighted by Gasteiger charge is 2.31. The van der Waals surface area contributed by atoms with Crippen molar-refractivity contribution in [1.29, 1.82) is 0 Å². The molecule has 2 heterocycles. The molecule has 3 aromatic rings. The van der Waals surface area contributed by atoms with Gasteiger partial charge in [-0.1, -0.05) is 12.1 Å². The molecule has 4 rings (SSSR count). The number of ether oxygens (including phenoxy) is 1. The average molecular weight is 368 g/mol. The normalized spacial score (nSPS) is 13.5. The highest BCUT2D eigenvalue weighted by Crippen LogP contribution is 2.36. The van der Waals surface area contributed by atoms with Crippen molar-refractivity contribution in [2.75, 3.05) is 11.9 Å². The summed E-state index contributed by atoms with van der Waals surface area (Å²) in [4.78, 5) is 25.2. The van der Waals surface area contributed by atoms with Crippen LogP contribution in [-0.2, 0) is 11.3 Å². The number of hydrogen-bond donors (Lipinski definition) is 1. The van der Waals surface area contributed by atoms with Crippen LogP contribution in [0.3, 0.4) is 0 Å². The number of rotatable bonds is 7. The molecular formula is C19H20N4O4. The monoisotopic (exact) mass is 368 g/mol. The van der Waals surface area contributed by atoms with Crippen molar-refractivity contribution in [2.24, 2.45) is 0 Å². The lowest BCUT2D eigenvalue weighted by atomic mass is 10.3. The fourth-order valence-electron chi connectivity index (χ4n) is 2.94. The van der Waals surface area contributed by atoms with Crippen molar-refractivity contribution in [3.05, 3.63) is 53.1 Å². The molecule has 8 heteroatoms. The van der Waals surface area contributed by atoms with Crippen molar-refractivity contribution in [2.45, 2.75) is 32.4 Å². The molecule has 1 saturated carbocycles. The van der Waals surface area contributed by atoms with Crippen molar-refractivity contribution >= 4 is 11.6 Å². The average Bonchev–Trinajstić information content (AvgIpc) is 3.23. The maximum atomic E-state index is 12.7. The first-order valence-electron chi connectivity index (χ1n) is 8.92. The van der Waals surface area contributed by atoms with E-state index in [1.165, 1.54) is 10.9 Å². The van der Waals surface area contributed by atoms with E-state index in [1.807, 2.05) is 13.0 Å². The number of benzene rings is 1. The molecule has 8 nitrogen and oxygen atoms in total. The lowest BCUT2D eigenvalue weighted by molar-refractivity contribution is -0.117. The molecule has 0 atom stereocenters. The van der Waals surface area contributed by atoms with Gasteiger partial charge in [-0.05, 0) is 44.0 Å². The number of carbonyl (C=O) groups is 1. The Hall–Kier alpha value is -3.29. The van der Waals surface area contributed by atoms with Crippen molar-refractivity contribution in [3.63, 3.8) is 0 Å². The van der Waals surface area contributed by atoms with E-state index < -0.39 is 0 Å². The Kier molecular flexibility index (Phi) is 4.53. The zero-order valence-corrected chi connectivity index (χ0v) is 14.9. The van der Waals surface area contributed by atoms with Gasteiger partial charge in [0.05, 0.1) is 18.6 Å². The number of anilines is 1. The highest BCUT2D eigenvalue weighted by molar-refractivity contribution is 5.92. The molecule has 0 radical (unpaired) electrons. The van der Waals surface area contributed by atoms with Crippen molar-refractivity contribution < 1.29 is 13.9 Å². The molecule has 1 fully saturated rings. The maximum absolute atomic E-state index is 12.7. The minimum atomic E-state index is -0.351. The number of para-hydroxylation sites is 2. The summed E-state index contributed by atoms with van der Waals surface area (Å²) in [7, 11) is 0. The second-order valence-corrected chi connectivity index (χ2v) is 6.32. The van der Waals surface area contributed by atoms with Crippen LogP contribution >= 0.6 is 0 Å². The molecule has 0 bridgehead atoms. The van der Waals surface area contributed by atoms with E-state index in [-0.39, 0.29) is 24.2 Å². The van der Waals surface area contributed by atoms with Crippen LogP contribution in [0.2, 0.25) is 0 Å². The Labute approximate surface area is 155 Å². The topological polar surface area (TPSA) is 91.3 Å². The minimum Gasteiger partial charge on any atom is -0.492 e. The number of hydrogen-bond acceptors (Lipinski definition) is 5. The molecule has 0 saturated heterocycles. The molecule has 0 spiro atoms. The maximum Gasteiger partial charge on any atom is 0.347 e. The molecule has 2 aromatic heterocycles. The fraction of sp³-hybridized carbons (Fsp3) is 0.316. The lowest BCUT2D eigenvalue weighted by Crippen LogP contribution is -2.30. The Morgan fingerprint density at radius 2 is 2.11 bits per heavy atom. The summed E-state index contributed by atoms with van der Waals surface area (Å²) in [5.74, 6) is 1.20. The van der Waals surface area contributed by atoms with Crippen LogP contribution in [0.5, 0.6) is 5.75 Å². The Morgan fingerprint density at radius 1 is 1.30 bits per heavy atom. The lowest BCUT2D eigenvalue weighted by Gasteiger charge is -2.10. The van der Waals surface area contributed by atoms with Crippen LogP contribution in [0.4, 0.5) is 5.69 Å². The number of nitrogens with one attached hydrogen (secondary N) is 1. The van der Waals surface area contributed by atoms with Gasteiger partial charge in [0.25, 0.3) is 0 Å². The molecule has 1 aliphatic carbocycles. The van der Waals surface area contributed by atoms with Crippen LogP contribution in [-0.4, -0.2) is 26.9 Å². The third-order valence-corrected chi connectivity index (χ3v) is 4.28. The van der Waals surface area contributed by atoms with Gasteiger partial charge in [0.2, 0.25) is 11.7 Å². The minimum absolute atomic E-state index is 0.119. The van der Waals surface area contributed by atoms with E-state index in [2.05, 4.69) is 10.4 Å². The molecule has 1 amide bonds. The molecule has 27 heavy (non-hydrogen) atoms. The molecular weight excluding hydrogens is 348 g/mol. The van der Waals surface area contributed by atoms with Crippen molar-refractivity contribution in [1.82, 2.24) is 14.3 Å². The molecule has 1 aliphatic rings. The molecule has 0 aliphatic heterocycles. The van der Waals surface area contributed by atoms with Crippen molar-refractivity contribution in [3.8, 4) is 17.3 Å². The summed E-state index contributed by atoms with van der Waals surface area (Å²) in [6, 6.07) is 10.8. The summed E-state index contributed by atoms with van der Waals surface area (Å²) in [5.41, 5.74) is 0.252. The molecule has 140 valence electrons. The first-order chi connectivity index (χ1) is 13.2. The third-order valence-electron chi connectivity index (χ3n) is 4.28. The quantitative estimate of drug-likeness (QED) is 0.692. The fourth-order valence-corrected chi connectivity index (χ4v) is 2.94. The van der Waals surface area contributed by atoms with E-state index in [0.29, 0.717) is 29.6 Å². The predicted molar refractivity (Wildman–Crippen MR) is 98.7 cm³/mol. The highest BCUT2D eigenvalue weighted by atomic mass is 16.5. The first-order valence-corrected chi connectivity index (χ1v) is 8.92. The van der Waals surface area contributed by atoms with E-state index in [1.54, 1.807) is 34.9 Å². The Morgan fingerprint density at radius 3 is 2.81 bits per heavy atom. The third kappa shape index (κ3) is 3.51. The van der Waals surface area contributed by atoms with Gasteiger partial charge in [0.15, 0.2) is 5.76 Å². The zero-order valence-electron chi connectivity index (χ0n) is 14.9. The van der Waals surface area contributed by atoms with Crippen LogP contribution in [0.1, 0.15) is 25.8 Å². The summed E-state index contributed by atoms with van der Waals surface area (Å²) < 4.78 is 13.7. The van der Waals surface area contributed by atoms with E-state index >= 15 is 0 Å². The first kappa shape index (κ1) is 17.1. The number of furan rings is 1. The Bertz CT molecular complexity index is 999. The molecule has 0 unspecified atom stereocenters. The van der Waals surface area contributed by atoms with Gasteiger partial charge < -0.3 is 14.5 Å². The number of aromatic nitrogens is 3. The van der Waals surface area contributed by atoms with E-state index in [9.17, 15) is 9.59 Å². The van der Waals surface area contributed by atoms with Gasteiger partial charge in [-0.15, -0.1) is 5.10 Å². The van der Waals surface area contributed by atoms with Crippen LogP contribution in [0.25, 0.3) is 11.6 Å². The van der Waals surface area contributed by atoms with E-state index in [0.717, 1.165) is 12.8 Å². The largest absolute Gasteiger partial charge is 0.492 e. The smallest absolute Gasteiger partial charge is 0.347 e. The van der Waals surface area contributed by atoms with E-state index in [4.69, 9.17) is 9.15 Å². The van der Waals surface area contributed by atoms with Gasteiger partial charge in [-0.25, -0.2) is 9.48 Å². The Balaban J connectivity index is 1.57. The van der Waals surface area contributed by atoms with Gasteiger partial charge in [-0.3, -0.25) is 9.36 Å². The second kappa shape index (κ2) is 7.14. The second-order valence-electron chi connectivity index (χ2n) is 6.32. The summed E-state index contributed by atoms with van der Waals surface area (Å²) in [6.07, 6.45) is 3.38. The number of nitrogens with zero attached hydrogens (tertiary/aromatic N) is 3. The number of carbonyl (C=O) groups excluding carboxylic acids is 1. The van der Waals surface area contributed by atoms with Gasteiger partial charge >= 0.3 is 5.69 Å². The van der Waals surface area contributed by atoms with Gasteiger partial charge in [-0.2, -0.15) is 0 Å².